The number of imidazole rings is 1. The fourth-order valence-corrected chi connectivity index (χ4v) is 0.976. The molecule has 0 saturated heterocycles. The highest BCUT2D eigenvalue weighted by Gasteiger charge is 2.16. The molecule has 1 aromatic heterocycles. The van der Waals surface area contributed by atoms with Crippen LogP contribution >= 0.6 is 0 Å². The summed E-state index contributed by atoms with van der Waals surface area (Å²) in [5.74, 6) is 0.570. The van der Waals surface area contributed by atoms with Crippen LogP contribution in [0.15, 0.2) is 6.20 Å². The van der Waals surface area contributed by atoms with Crippen molar-refractivity contribution >= 4 is 11.8 Å². The zero-order valence-corrected chi connectivity index (χ0v) is 7.18. The number of hydrogen-bond acceptors (Lipinski definition) is 4. The quantitative estimate of drug-likeness (QED) is 0.476. The Morgan fingerprint density at radius 1 is 1.67 bits per heavy atom. The van der Waals surface area contributed by atoms with E-state index >= 15 is 0 Å². The van der Waals surface area contributed by atoms with Gasteiger partial charge in [-0.1, -0.05) is 0 Å². The van der Waals surface area contributed by atoms with E-state index in [9.17, 15) is 10.1 Å². The number of aromatic nitrogens is 2. The van der Waals surface area contributed by atoms with E-state index in [1.807, 2.05) is 0 Å². The number of nitrogens with zero attached hydrogens (tertiary/aromatic N) is 4. The molecule has 0 fully saturated rings. The molecule has 1 rings (SSSR count). The highest BCUT2D eigenvalue weighted by Crippen LogP contribution is 2.16. The van der Waals surface area contributed by atoms with E-state index in [-0.39, 0.29) is 5.82 Å². The molecule has 6 heteroatoms. The molecule has 0 bridgehead atoms. The van der Waals surface area contributed by atoms with Gasteiger partial charge in [0.25, 0.3) is 5.95 Å². The lowest BCUT2D eigenvalue weighted by Crippen LogP contribution is -2.14. The van der Waals surface area contributed by atoms with Gasteiger partial charge in [0, 0.05) is 14.1 Å². The summed E-state index contributed by atoms with van der Waals surface area (Å²) in [6.45, 7) is 0. The Morgan fingerprint density at radius 3 is 2.50 bits per heavy atom. The molecule has 0 aliphatic carbocycles. The zero-order chi connectivity index (χ0) is 9.30. The topological polar surface area (TPSA) is 64.2 Å². The van der Waals surface area contributed by atoms with Crippen molar-refractivity contribution in [3.8, 4) is 0 Å². The summed E-state index contributed by atoms with van der Waals surface area (Å²) in [5, 5.41) is 10.4. The van der Waals surface area contributed by atoms with Gasteiger partial charge in [-0.2, -0.15) is 9.55 Å². The van der Waals surface area contributed by atoms with Gasteiger partial charge in [0.1, 0.15) is 6.20 Å². The third kappa shape index (κ3) is 1.23. The van der Waals surface area contributed by atoms with E-state index in [4.69, 9.17) is 0 Å². The van der Waals surface area contributed by atoms with Crippen LogP contribution in [0.3, 0.4) is 0 Å². The second-order valence-electron chi connectivity index (χ2n) is 2.63. The first-order chi connectivity index (χ1) is 5.54. The van der Waals surface area contributed by atoms with Gasteiger partial charge in [-0.25, -0.2) is 0 Å². The normalized spacial score (nSPS) is 9.92. The molecule has 0 radical (unpaired) electrons. The number of anilines is 1. The third-order valence-electron chi connectivity index (χ3n) is 1.53. The van der Waals surface area contributed by atoms with Gasteiger partial charge in [0.2, 0.25) is 0 Å². The number of hydrogen-bond donors (Lipinski definition) is 0. The highest BCUT2D eigenvalue weighted by molar-refractivity contribution is 5.36. The molecule has 0 spiro atoms. The van der Waals surface area contributed by atoms with Gasteiger partial charge in [-0.3, -0.25) is 0 Å². The van der Waals surface area contributed by atoms with Gasteiger partial charge in [0.05, 0.1) is 7.05 Å². The van der Waals surface area contributed by atoms with Crippen molar-refractivity contribution in [1.82, 2.24) is 9.55 Å². The SMILES string of the molecule is CN(C)c1ncc([N+](=O)[O-])n1C. The van der Waals surface area contributed by atoms with Gasteiger partial charge >= 0.3 is 5.82 Å². The average molecular weight is 170 g/mol. The second kappa shape index (κ2) is 2.80. The maximum absolute atomic E-state index is 10.4. The Labute approximate surface area is 69.6 Å². The van der Waals surface area contributed by atoms with Crippen LogP contribution in [0.4, 0.5) is 11.8 Å². The van der Waals surface area contributed by atoms with Crippen LogP contribution in [0.1, 0.15) is 0 Å². The number of rotatable bonds is 2. The molecule has 0 aliphatic heterocycles. The Morgan fingerprint density at radius 2 is 2.25 bits per heavy atom. The van der Waals surface area contributed by atoms with E-state index < -0.39 is 4.92 Å². The molecule has 0 saturated carbocycles. The van der Waals surface area contributed by atoms with Crippen LogP contribution in [0.5, 0.6) is 0 Å². The lowest BCUT2D eigenvalue weighted by Gasteiger charge is -2.06. The van der Waals surface area contributed by atoms with Crippen LogP contribution in [0, 0.1) is 10.1 Å². The minimum absolute atomic E-state index is 0.00120. The molecule has 1 aromatic rings. The monoisotopic (exact) mass is 170 g/mol. The maximum atomic E-state index is 10.4. The molecular weight excluding hydrogens is 160 g/mol. The van der Waals surface area contributed by atoms with E-state index in [1.54, 1.807) is 26.0 Å². The van der Waals surface area contributed by atoms with Crippen molar-refractivity contribution in [2.45, 2.75) is 0 Å². The average Bonchev–Trinajstić information content (AvgIpc) is 2.30. The molecule has 6 nitrogen and oxygen atoms in total. The Bertz CT molecular complexity index is 304. The van der Waals surface area contributed by atoms with Crippen molar-refractivity contribution in [3.05, 3.63) is 16.3 Å². The summed E-state index contributed by atoms with van der Waals surface area (Å²) in [7, 11) is 5.18. The van der Waals surface area contributed by atoms with Crippen LogP contribution in [0.25, 0.3) is 0 Å². The standard InChI is InChI=1S/C6H10N4O2/c1-8(2)6-7-4-5(9(6)3)10(11)12/h4H,1-3H3. The van der Waals surface area contributed by atoms with Crippen molar-refractivity contribution in [2.75, 3.05) is 19.0 Å². The van der Waals surface area contributed by atoms with Gasteiger partial charge in [0.15, 0.2) is 0 Å². The van der Waals surface area contributed by atoms with Crippen molar-refractivity contribution in [1.29, 1.82) is 0 Å². The largest absolute Gasteiger partial charge is 0.358 e. The van der Waals surface area contributed by atoms with Crippen molar-refractivity contribution < 1.29 is 4.92 Å². The summed E-state index contributed by atoms with van der Waals surface area (Å²) in [5.41, 5.74) is 0. The fourth-order valence-electron chi connectivity index (χ4n) is 0.976. The minimum atomic E-state index is -0.458. The first kappa shape index (κ1) is 8.51. The fraction of sp³-hybridized carbons (Fsp3) is 0.500. The third-order valence-corrected chi connectivity index (χ3v) is 1.53. The molecule has 0 amide bonds. The molecular formula is C6H10N4O2. The maximum Gasteiger partial charge on any atom is 0.344 e. The predicted octanol–water partition coefficient (Wildman–Crippen LogP) is 0.394. The summed E-state index contributed by atoms with van der Waals surface area (Å²) < 4.78 is 1.43. The van der Waals surface area contributed by atoms with Crippen molar-refractivity contribution in [2.24, 2.45) is 7.05 Å². The highest BCUT2D eigenvalue weighted by atomic mass is 16.6. The minimum Gasteiger partial charge on any atom is -0.358 e. The summed E-state index contributed by atoms with van der Waals surface area (Å²) in [6, 6.07) is 0. The Kier molecular flexibility index (Phi) is 1.99. The summed E-state index contributed by atoms with van der Waals surface area (Å²) in [6.07, 6.45) is 1.25. The van der Waals surface area contributed by atoms with Crippen LogP contribution in [-0.4, -0.2) is 28.6 Å². The first-order valence-corrected chi connectivity index (χ1v) is 3.37. The molecule has 0 aliphatic rings. The zero-order valence-electron chi connectivity index (χ0n) is 7.18. The van der Waals surface area contributed by atoms with Gasteiger partial charge in [-0.15, -0.1) is 0 Å². The molecule has 1 heterocycles. The summed E-state index contributed by atoms with van der Waals surface area (Å²) >= 11 is 0. The van der Waals surface area contributed by atoms with E-state index in [2.05, 4.69) is 4.98 Å². The molecule has 0 unspecified atom stereocenters. The number of nitro groups is 1. The molecule has 0 aromatic carbocycles. The van der Waals surface area contributed by atoms with Gasteiger partial charge in [-0.05, 0) is 4.92 Å². The summed E-state index contributed by atoms with van der Waals surface area (Å²) in [4.78, 5) is 15.5. The van der Waals surface area contributed by atoms with Crippen molar-refractivity contribution in [3.63, 3.8) is 0 Å². The Hall–Kier alpha value is -1.59. The smallest absolute Gasteiger partial charge is 0.344 e. The van der Waals surface area contributed by atoms with E-state index in [0.29, 0.717) is 5.95 Å². The van der Waals surface area contributed by atoms with Gasteiger partial charge < -0.3 is 15.0 Å². The first-order valence-electron chi connectivity index (χ1n) is 3.37. The second-order valence-corrected chi connectivity index (χ2v) is 2.63. The lowest BCUT2D eigenvalue weighted by atomic mass is 10.7. The van der Waals surface area contributed by atoms with E-state index in [0.717, 1.165) is 0 Å². The lowest BCUT2D eigenvalue weighted by molar-refractivity contribution is -0.391. The predicted molar refractivity (Wildman–Crippen MR) is 44.2 cm³/mol. The van der Waals surface area contributed by atoms with E-state index in [1.165, 1.54) is 10.8 Å². The van der Waals surface area contributed by atoms with Crippen LogP contribution < -0.4 is 4.90 Å². The Balaban J connectivity index is 3.13. The molecule has 0 atom stereocenters. The van der Waals surface area contributed by atoms with Crippen LogP contribution in [-0.2, 0) is 7.05 Å². The van der Waals surface area contributed by atoms with Crippen LogP contribution in [0.2, 0.25) is 0 Å². The molecule has 12 heavy (non-hydrogen) atoms. The molecule has 0 N–H and O–H groups in total. The molecule has 66 valence electrons.